The Bertz CT molecular complexity index is 787. The highest BCUT2D eigenvalue weighted by molar-refractivity contribution is 7.89. The molecule has 0 atom stereocenters. The number of hydrogen-bond acceptors (Lipinski definition) is 4. The molecule has 164 valence electrons. The number of nitrogens with zero attached hydrogens (tertiary/aromatic N) is 2. The Kier molecular flexibility index (Phi) is 7.93. The number of amides is 1. The second-order valence-electron chi connectivity index (χ2n) is 7.05. The number of anilines is 1. The number of rotatable bonds is 8. The number of nitrogens with one attached hydrogen (secondary N) is 1. The van der Waals surface area contributed by atoms with Gasteiger partial charge in [-0.25, -0.2) is 8.42 Å². The Morgan fingerprint density at radius 3 is 2.31 bits per heavy atom. The molecule has 0 aliphatic carbocycles. The third-order valence-electron chi connectivity index (χ3n) is 5.19. The van der Waals surface area contributed by atoms with Crippen molar-refractivity contribution in [2.24, 2.45) is 5.92 Å². The zero-order valence-electron chi connectivity index (χ0n) is 16.7. The van der Waals surface area contributed by atoms with E-state index in [0.717, 1.165) is 12.1 Å². The van der Waals surface area contributed by atoms with E-state index in [2.05, 4.69) is 5.32 Å². The molecule has 0 unspecified atom stereocenters. The Balaban J connectivity index is 1.89. The van der Waals surface area contributed by atoms with Crippen LogP contribution in [0, 0.1) is 5.92 Å². The Morgan fingerprint density at radius 1 is 1.14 bits per heavy atom. The lowest BCUT2D eigenvalue weighted by Crippen LogP contribution is -2.50. The monoisotopic (exact) mass is 435 g/mol. The predicted molar refractivity (Wildman–Crippen MR) is 106 cm³/mol. The lowest BCUT2D eigenvalue weighted by atomic mass is 10.0. The molecule has 0 radical (unpaired) electrons. The number of benzene rings is 1. The van der Waals surface area contributed by atoms with Crippen LogP contribution in [0.2, 0.25) is 0 Å². The van der Waals surface area contributed by atoms with Crippen molar-refractivity contribution in [1.29, 1.82) is 0 Å². The van der Waals surface area contributed by atoms with Gasteiger partial charge in [-0.15, -0.1) is 0 Å². The van der Waals surface area contributed by atoms with Gasteiger partial charge in [0.15, 0.2) is 0 Å². The minimum atomic E-state index is -4.42. The van der Waals surface area contributed by atoms with Crippen LogP contribution >= 0.6 is 0 Å². The van der Waals surface area contributed by atoms with Crippen molar-refractivity contribution < 1.29 is 26.4 Å². The predicted octanol–water partition coefficient (Wildman–Crippen LogP) is 2.71. The molecule has 0 aromatic heterocycles. The van der Waals surface area contributed by atoms with E-state index in [1.54, 1.807) is 11.0 Å². The van der Waals surface area contributed by atoms with Crippen LogP contribution in [-0.4, -0.2) is 57.1 Å². The van der Waals surface area contributed by atoms with Crippen LogP contribution < -0.4 is 10.2 Å². The van der Waals surface area contributed by atoms with Crippen LogP contribution in [0.1, 0.15) is 32.3 Å². The van der Waals surface area contributed by atoms with E-state index in [-0.39, 0.29) is 37.2 Å². The maximum Gasteiger partial charge on any atom is 0.416 e. The summed E-state index contributed by atoms with van der Waals surface area (Å²) in [6.45, 7) is 4.87. The van der Waals surface area contributed by atoms with E-state index < -0.39 is 21.8 Å². The molecule has 6 nitrogen and oxygen atoms in total. The summed E-state index contributed by atoms with van der Waals surface area (Å²) in [5.41, 5.74) is -0.299. The van der Waals surface area contributed by atoms with Gasteiger partial charge in [0.1, 0.15) is 0 Å². The van der Waals surface area contributed by atoms with Crippen LogP contribution in [0.3, 0.4) is 0 Å². The van der Waals surface area contributed by atoms with Crippen molar-refractivity contribution in [3.63, 3.8) is 0 Å². The highest BCUT2D eigenvalue weighted by Gasteiger charge is 2.32. The van der Waals surface area contributed by atoms with E-state index in [1.165, 1.54) is 10.4 Å². The second kappa shape index (κ2) is 9.80. The van der Waals surface area contributed by atoms with Crippen LogP contribution in [0.25, 0.3) is 0 Å². The molecule has 1 fully saturated rings. The van der Waals surface area contributed by atoms with Gasteiger partial charge in [-0.2, -0.15) is 17.5 Å². The van der Waals surface area contributed by atoms with Gasteiger partial charge in [-0.1, -0.05) is 19.9 Å². The van der Waals surface area contributed by atoms with E-state index >= 15 is 0 Å². The number of halogens is 3. The number of carbonyl (C=O) groups is 1. The first-order valence-corrected chi connectivity index (χ1v) is 11.4. The van der Waals surface area contributed by atoms with Gasteiger partial charge in [0, 0.05) is 44.3 Å². The van der Waals surface area contributed by atoms with E-state index in [9.17, 15) is 26.4 Å². The van der Waals surface area contributed by atoms with Crippen molar-refractivity contribution in [3.05, 3.63) is 29.8 Å². The van der Waals surface area contributed by atoms with Crippen LogP contribution in [0.15, 0.2) is 24.3 Å². The SMILES string of the molecule is CCC(CC)C(=O)NCCS(=O)(=O)N1CCN(c2cccc(C(F)(F)F)c2)CC1. The van der Waals surface area contributed by atoms with Crippen LogP contribution in [-0.2, 0) is 21.0 Å². The van der Waals surface area contributed by atoms with Crippen molar-refractivity contribution >= 4 is 21.6 Å². The zero-order chi connectivity index (χ0) is 21.7. The molecule has 29 heavy (non-hydrogen) atoms. The van der Waals surface area contributed by atoms with Gasteiger partial charge in [0.2, 0.25) is 15.9 Å². The van der Waals surface area contributed by atoms with Crippen molar-refractivity contribution in [1.82, 2.24) is 9.62 Å². The number of carbonyl (C=O) groups excluding carboxylic acids is 1. The van der Waals surface area contributed by atoms with Crippen molar-refractivity contribution in [2.75, 3.05) is 43.4 Å². The van der Waals surface area contributed by atoms with E-state index in [4.69, 9.17) is 0 Å². The molecule has 10 heteroatoms. The summed E-state index contributed by atoms with van der Waals surface area (Å²) in [6.07, 6.45) is -3.01. The Hall–Kier alpha value is -1.81. The average Bonchev–Trinajstić information content (AvgIpc) is 2.68. The van der Waals surface area contributed by atoms with Gasteiger partial charge in [-0.05, 0) is 31.0 Å². The van der Waals surface area contributed by atoms with Gasteiger partial charge in [0.25, 0.3) is 0 Å². The third kappa shape index (κ3) is 6.33. The lowest BCUT2D eigenvalue weighted by Gasteiger charge is -2.35. The minimum absolute atomic E-state index is 0.0471. The summed E-state index contributed by atoms with van der Waals surface area (Å²) in [5, 5.41) is 2.67. The summed E-state index contributed by atoms with van der Waals surface area (Å²) in [7, 11) is -3.54. The molecule has 1 N–H and O–H groups in total. The molecule has 1 amide bonds. The van der Waals surface area contributed by atoms with Gasteiger partial charge in [0.05, 0.1) is 11.3 Å². The second-order valence-corrected chi connectivity index (χ2v) is 9.14. The van der Waals surface area contributed by atoms with Crippen molar-refractivity contribution in [2.45, 2.75) is 32.9 Å². The van der Waals surface area contributed by atoms with Crippen LogP contribution in [0.5, 0.6) is 0 Å². The van der Waals surface area contributed by atoms with Crippen LogP contribution in [0.4, 0.5) is 18.9 Å². The maximum absolute atomic E-state index is 12.9. The standard InChI is InChI=1S/C19H28F3N3O3S/c1-3-15(4-2)18(26)23-8-13-29(27,28)25-11-9-24(10-12-25)17-7-5-6-16(14-17)19(20,21)22/h5-7,14-15H,3-4,8-13H2,1-2H3,(H,23,26). The van der Waals surface area contributed by atoms with E-state index in [1.807, 2.05) is 13.8 Å². The summed E-state index contributed by atoms with van der Waals surface area (Å²) in [5.74, 6) is -0.448. The fraction of sp³-hybridized carbons (Fsp3) is 0.632. The smallest absolute Gasteiger partial charge is 0.369 e. The first-order chi connectivity index (χ1) is 13.6. The molecule has 0 saturated carbocycles. The molecule has 1 saturated heterocycles. The van der Waals surface area contributed by atoms with Gasteiger partial charge < -0.3 is 10.2 Å². The molecule has 1 heterocycles. The molecule has 1 aromatic carbocycles. The lowest BCUT2D eigenvalue weighted by molar-refractivity contribution is -0.137. The molecule has 2 rings (SSSR count). The number of sulfonamides is 1. The quantitative estimate of drug-likeness (QED) is 0.682. The fourth-order valence-corrected chi connectivity index (χ4v) is 4.68. The summed E-state index contributed by atoms with van der Waals surface area (Å²) >= 11 is 0. The zero-order valence-corrected chi connectivity index (χ0v) is 17.5. The highest BCUT2D eigenvalue weighted by Crippen LogP contribution is 2.32. The first kappa shape index (κ1) is 23.5. The number of hydrogen-bond donors (Lipinski definition) is 1. The molecular weight excluding hydrogens is 407 g/mol. The minimum Gasteiger partial charge on any atom is -0.369 e. The molecule has 1 aliphatic rings. The normalized spacial score (nSPS) is 16.3. The maximum atomic E-state index is 12.9. The highest BCUT2D eigenvalue weighted by atomic mass is 32.2. The molecule has 0 spiro atoms. The molecule has 0 bridgehead atoms. The largest absolute Gasteiger partial charge is 0.416 e. The molecular formula is C19H28F3N3O3S. The van der Waals surface area contributed by atoms with Gasteiger partial charge >= 0.3 is 6.18 Å². The Labute approximate surface area is 170 Å². The van der Waals surface area contributed by atoms with E-state index in [0.29, 0.717) is 31.6 Å². The number of piperazine rings is 1. The topological polar surface area (TPSA) is 69.7 Å². The van der Waals surface area contributed by atoms with Gasteiger partial charge in [-0.3, -0.25) is 4.79 Å². The molecule has 1 aliphatic heterocycles. The molecule has 1 aromatic rings. The third-order valence-corrected chi connectivity index (χ3v) is 7.06. The fourth-order valence-electron chi connectivity index (χ4n) is 3.34. The summed E-state index contributed by atoms with van der Waals surface area (Å²) < 4.78 is 65.0. The Morgan fingerprint density at radius 2 is 1.76 bits per heavy atom. The van der Waals surface area contributed by atoms with Crippen molar-refractivity contribution in [3.8, 4) is 0 Å². The summed E-state index contributed by atoms with van der Waals surface area (Å²) in [4.78, 5) is 13.7. The average molecular weight is 436 g/mol. The number of alkyl halides is 3. The first-order valence-electron chi connectivity index (χ1n) is 9.76. The summed E-state index contributed by atoms with van der Waals surface area (Å²) in [6, 6.07) is 5.04.